The fraction of sp³-hybridized carbons (Fsp3) is 0.312. The highest BCUT2D eigenvalue weighted by molar-refractivity contribution is 7.10. The molecule has 1 heterocycles. The lowest BCUT2D eigenvalue weighted by Gasteiger charge is -2.08. The lowest BCUT2D eigenvalue weighted by atomic mass is 10.1. The third-order valence-electron chi connectivity index (χ3n) is 3.08. The summed E-state index contributed by atoms with van der Waals surface area (Å²) < 4.78 is 10.2. The molecule has 0 saturated carbocycles. The van der Waals surface area contributed by atoms with Crippen LogP contribution in [0.25, 0.3) is 11.1 Å². The van der Waals surface area contributed by atoms with E-state index in [9.17, 15) is 4.79 Å². The van der Waals surface area contributed by atoms with Crippen molar-refractivity contribution in [2.24, 2.45) is 5.73 Å². The lowest BCUT2D eigenvalue weighted by Crippen LogP contribution is -2.16. The predicted octanol–water partition coefficient (Wildman–Crippen LogP) is 3.38. The molecule has 0 bridgehead atoms. The monoisotopic (exact) mass is 305 g/mol. The Morgan fingerprint density at radius 2 is 2.14 bits per heavy atom. The second-order valence-corrected chi connectivity index (χ2v) is 5.53. The van der Waals surface area contributed by atoms with E-state index in [0.717, 1.165) is 21.8 Å². The minimum atomic E-state index is -0.326. The molecule has 0 aliphatic carbocycles. The van der Waals surface area contributed by atoms with Crippen LogP contribution in [0.3, 0.4) is 0 Å². The van der Waals surface area contributed by atoms with Gasteiger partial charge in [-0.3, -0.25) is 4.79 Å². The van der Waals surface area contributed by atoms with Crippen molar-refractivity contribution in [3.8, 4) is 16.9 Å². The Labute approximate surface area is 128 Å². The summed E-state index contributed by atoms with van der Waals surface area (Å²) in [4.78, 5) is 12.4. The van der Waals surface area contributed by atoms with E-state index in [1.54, 1.807) is 25.4 Å². The number of hydrogen-bond donors (Lipinski definition) is 1. The van der Waals surface area contributed by atoms with Gasteiger partial charge in [-0.15, -0.1) is 11.3 Å². The number of thiophene rings is 1. The number of rotatable bonds is 6. The third-order valence-corrected chi connectivity index (χ3v) is 4.14. The summed E-state index contributed by atoms with van der Waals surface area (Å²) >= 11 is 1.55. The van der Waals surface area contributed by atoms with E-state index in [-0.39, 0.29) is 18.4 Å². The lowest BCUT2D eigenvalue weighted by molar-refractivity contribution is -0.143. The molecule has 1 atom stereocenters. The Morgan fingerprint density at radius 1 is 1.33 bits per heavy atom. The van der Waals surface area contributed by atoms with Gasteiger partial charge in [-0.25, -0.2) is 0 Å². The van der Waals surface area contributed by atoms with Crippen LogP contribution in [-0.4, -0.2) is 19.7 Å². The molecule has 2 rings (SSSR count). The first kappa shape index (κ1) is 15.5. The summed E-state index contributed by atoms with van der Waals surface area (Å²) in [6.07, 6.45) is 0.200. The van der Waals surface area contributed by atoms with Crippen molar-refractivity contribution in [2.45, 2.75) is 19.4 Å². The molecular formula is C16H19NO3S. The van der Waals surface area contributed by atoms with E-state index in [1.807, 2.05) is 35.7 Å². The summed E-state index contributed by atoms with van der Waals surface area (Å²) in [5, 5.41) is 2.04. The average Bonchev–Trinajstić information content (AvgIpc) is 2.97. The molecule has 0 spiro atoms. The van der Waals surface area contributed by atoms with Crippen LogP contribution in [0.5, 0.6) is 5.75 Å². The van der Waals surface area contributed by atoms with E-state index >= 15 is 0 Å². The molecule has 1 aromatic heterocycles. The summed E-state index contributed by atoms with van der Waals surface area (Å²) in [6.45, 7) is 2.17. The molecule has 2 aromatic rings. The molecule has 0 fully saturated rings. The van der Waals surface area contributed by atoms with Crippen LogP contribution in [0.4, 0.5) is 0 Å². The first-order chi connectivity index (χ1) is 10.1. The van der Waals surface area contributed by atoms with Crippen molar-refractivity contribution in [3.63, 3.8) is 0 Å². The Kier molecular flexibility index (Phi) is 5.36. The summed E-state index contributed by atoms with van der Waals surface area (Å²) in [6, 6.07) is 9.54. The molecule has 112 valence electrons. The molecule has 0 amide bonds. The topological polar surface area (TPSA) is 61.5 Å². The molecule has 0 aliphatic rings. The quantitative estimate of drug-likeness (QED) is 0.831. The fourth-order valence-corrected chi connectivity index (χ4v) is 2.92. The van der Waals surface area contributed by atoms with Gasteiger partial charge in [0.15, 0.2) is 0 Å². The van der Waals surface area contributed by atoms with E-state index in [2.05, 4.69) is 0 Å². The highest BCUT2D eigenvalue weighted by Crippen LogP contribution is 2.31. The summed E-state index contributed by atoms with van der Waals surface area (Å²) in [5.41, 5.74) is 8.21. The zero-order valence-corrected chi connectivity index (χ0v) is 13.0. The van der Waals surface area contributed by atoms with Gasteiger partial charge >= 0.3 is 5.97 Å². The molecule has 2 N–H and O–H groups in total. The summed E-state index contributed by atoms with van der Waals surface area (Å²) in [5.74, 6) is 0.553. The molecule has 4 nitrogen and oxygen atoms in total. The number of esters is 1. The van der Waals surface area contributed by atoms with Crippen molar-refractivity contribution >= 4 is 17.3 Å². The van der Waals surface area contributed by atoms with Gasteiger partial charge in [0.1, 0.15) is 5.75 Å². The zero-order valence-electron chi connectivity index (χ0n) is 12.2. The third kappa shape index (κ3) is 4.06. The zero-order chi connectivity index (χ0) is 15.2. The number of benzene rings is 1. The van der Waals surface area contributed by atoms with Crippen LogP contribution in [0.2, 0.25) is 0 Å². The molecule has 0 unspecified atom stereocenters. The Hall–Kier alpha value is -1.85. The smallest absolute Gasteiger partial charge is 0.307 e. The second kappa shape index (κ2) is 7.24. The minimum Gasteiger partial charge on any atom is -0.497 e. The van der Waals surface area contributed by atoms with Crippen LogP contribution in [0, 0.1) is 0 Å². The van der Waals surface area contributed by atoms with Gasteiger partial charge < -0.3 is 15.2 Å². The number of carbonyl (C=O) groups is 1. The maximum Gasteiger partial charge on any atom is 0.307 e. The highest BCUT2D eigenvalue weighted by Gasteiger charge is 2.15. The Bertz CT molecular complexity index is 609. The number of hydrogen-bond acceptors (Lipinski definition) is 5. The number of carbonyl (C=O) groups excluding carboxylic acids is 1. The average molecular weight is 305 g/mol. The Balaban J connectivity index is 2.11. The standard InChI is InChI=1S/C16H19NO3S/c1-3-20-16(18)9-14(17)15-8-12(10-21-15)11-5-4-6-13(7-11)19-2/h4-8,10,14H,3,9,17H2,1-2H3/t14-/m0/s1. The van der Waals surface area contributed by atoms with E-state index < -0.39 is 0 Å². The Morgan fingerprint density at radius 3 is 2.86 bits per heavy atom. The van der Waals surface area contributed by atoms with Gasteiger partial charge in [0.05, 0.1) is 20.1 Å². The SMILES string of the molecule is CCOC(=O)C[C@H](N)c1cc(-c2cccc(OC)c2)cs1. The van der Waals surface area contributed by atoms with E-state index in [4.69, 9.17) is 15.2 Å². The first-order valence-electron chi connectivity index (χ1n) is 6.78. The van der Waals surface area contributed by atoms with Gasteiger partial charge in [-0.2, -0.15) is 0 Å². The van der Waals surface area contributed by atoms with Crippen molar-refractivity contribution in [1.82, 2.24) is 0 Å². The van der Waals surface area contributed by atoms with E-state index in [0.29, 0.717) is 6.61 Å². The van der Waals surface area contributed by atoms with Gasteiger partial charge in [0.25, 0.3) is 0 Å². The second-order valence-electron chi connectivity index (χ2n) is 4.59. The first-order valence-corrected chi connectivity index (χ1v) is 7.66. The van der Waals surface area contributed by atoms with Gasteiger partial charge in [-0.05, 0) is 41.6 Å². The number of ether oxygens (including phenoxy) is 2. The largest absolute Gasteiger partial charge is 0.497 e. The van der Waals surface area contributed by atoms with Crippen molar-refractivity contribution < 1.29 is 14.3 Å². The molecule has 0 saturated heterocycles. The molecule has 0 radical (unpaired) electrons. The maximum absolute atomic E-state index is 11.5. The van der Waals surface area contributed by atoms with Crippen molar-refractivity contribution in [1.29, 1.82) is 0 Å². The molecule has 5 heteroatoms. The normalized spacial score (nSPS) is 12.0. The minimum absolute atomic E-state index is 0.200. The summed E-state index contributed by atoms with van der Waals surface area (Å²) in [7, 11) is 1.65. The van der Waals surface area contributed by atoms with Gasteiger partial charge in [-0.1, -0.05) is 12.1 Å². The highest BCUT2D eigenvalue weighted by atomic mass is 32.1. The molecule has 21 heavy (non-hydrogen) atoms. The van der Waals surface area contributed by atoms with Crippen LogP contribution >= 0.6 is 11.3 Å². The van der Waals surface area contributed by atoms with Crippen molar-refractivity contribution in [2.75, 3.05) is 13.7 Å². The molecule has 1 aromatic carbocycles. The van der Waals surface area contributed by atoms with Crippen LogP contribution in [-0.2, 0) is 9.53 Å². The maximum atomic E-state index is 11.5. The molecule has 0 aliphatic heterocycles. The van der Waals surface area contributed by atoms with Crippen LogP contribution < -0.4 is 10.5 Å². The number of methoxy groups -OCH3 is 1. The van der Waals surface area contributed by atoms with Crippen LogP contribution in [0.1, 0.15) is 24.3 Å². The van der Waals surface area contributed by atoms with Gasteiger partial charge in [0, 0.05) is 10.9 Å². The fourth-order valence-electron chi connectivity index (χ4n) is 2.00. The van der Waals surface area contributed by atoms with Crippen LogP contribution in [0.15, 0.2) is 35.7 Å². The van der Waals surface area contributed by atoms with Gasteiger partial charge in [0.2, 0.25) is 0 Å². The van der Waals surface area contributed by atoms with Crippen molar-refractivity contribution in [3.05, 3.63) is 40.6 Å². The number of nitrogens with two attached hydrogens (primary N) is 1. The van der Waals surface area contributed by atoms with E-state index in [1.165, 1.54) is 0 Å². The predicted molar refractivity (Wildman–Crippen MR) is 84.5 cm³/mol. The molecular weight excluding hydrogens is 286 g/mol.